The van der Waals surface area contributed by atoms with Crippen LogP contribution >= 0.6 is 15.9 Å². The summed E-state index contributed by atoms with van der Waals surface area (Å²) in [5.41, 5.74) is 0.765. The lowest BCUT2D eigenvalue weighted by Gasteiger charge is -2.09. The van der Waals surface area contributed by atoms with E-state index < -0.39 is 5.82 Å². The summed E-state index contributed by atoms with van der Waals surface area (Å²) >= 11 is 3.18. The first-order chi connectivity index (χ1) is 9.15. The molecule has 2 aromatic rings. The van der Waals surface area contributed by atoms with Crippen LogP contribution < -0.4 is 5.32 Å². The van der Waals surface area contributed by atoms with Gasteiger partial charge in [0.2, 0.25) is 0 Å². The number of amides is 1. The number of carbonyl (C=O) groups excluding carboxylic acids is 1. The van der Waals surface area contributed by atoms with E-state index in [0.29, 0.717) is 16.2 Å². The van der Waals surface area contributed by atoms with Crippen LogP contribution in [0.2, 0.25) is 0 Å². The summed E-state index contributed by atoms with van der Waals surface area (Å²) in [7, 11) is 0. The fraction of sp³-hybridized carbons (Fsp3) is 0.214. The number of nitrogens with one attached hydrogen (secondary N) is 1. The molecule has 0 unspecified atom stereocenters. The summed E-state index contributed by atoms with van der Waals surface area (Å²) < 4.78 is 16.3. The maximum Gasteiger partial charge on any atom is 0.272 e. The van der Waals surface area contributed by atoms with Crippen molar-refractivity contribution in [1.29, 1.82) is 0 Å². The molecule has 1 N–H and O–H groups in total. The highest BCUT2D eigenvalue weighted by Gasteiger charge is 2.26. The van der Waals surface area contributed by atoms with Crippen molar-refractivity contribution in [3.05, 3.63) is 52.5 Å². The van der Waals surface area contributed by atoms with Crippen LogP contribution in [0.4, 0.5) is 10.1 Å². The van der Waals surface area contributed by atoms with Gasteiger partial charge in [0.05, 0.1) is 5.69 Å². The molecule has 1 saturated carbocycles. The fourth-order valence-electron chi connectivity index (χ4n) is 2.03. The van der Waals surface area contributed by atoms with Gasteiger partial charge in [-0.25, -0.2) is 4.39 Å². The largest absolute Gasteiger partial charge is 0.340 e. The number of halogens is 2. The predicted molar refractivity (Wildman–Crippen MR) is 74.8 cm³/mol. The van der Waals surface area contributed by atoms with Crippen molar-refractivity contribution in [2.45, 2.75) is 18.9 Å². The van der Waals surface area contributed by atoms with Gasteiger partial charge in [-0.3, -0.25) is 4.79 Å². The Morgan fingerprint density at radius 2 is 2.16 bits per heavy atom. The van der Waals surface area contributed by atoms with E-state index in [-0.39, 0.29) is 11.6 Å². The van der Waals surface area contributed by atoms with Gasteiger partial charge in [-0.05, 0) is 43.2 Å². The van der Waals surface area contributed by atoms with Crippen LogP contribution in [0.5, 0.6) is 0 Å². The molecule has 0 aliphatic heterocycles. The average Bonchev–Trinajstić information content (AvgIpc) is 3.10. The highest BCUT2D eigenvalue weighted by molar-refractivity contribution is 9.10. The summed E-state index contributed by atoms with van der Waals surface area (Å²) in [5, 5.41) is 2.61. The Morgan fingerprint density at radius 1 is 1.37 bits per heavy atom. The molecule has 1 aromatic heterocycles. The Hall–Kier alpha value is -1.62. The number of rotatable bonds is 3. The van der Waals surface area contributed by atoms with Crippen LogP contribution in [0.1, 0.15) is 29.4 Å². The van der Waals surface area contributed by atoms with E-state index in [1.807, 2.05) is 16.8 Å². The molecule has 98 valence electrons. The molecule has 0 bridgehead atoms. The van der Waals surface area contributed by atoms with E-state index >= 15 is 0 Å². The highest BCUT2D eigenvalue weighted by Crippen LogP contribution is 2.36. The number of hydrogen-bond acceptors (Lipinski definition) is 1. The number of benzene rings is 1. The van der Waals surface area contributed by atoms with Gasteiger partial charge in [0.1, 0.15) is 11.5 Å². The van der Waals surface area contributed by atoms with Crippen LogP contribution in [0.3, 0.4) is 0 Å². The second-order valence-electron chi connectivity index (χ2n) is 4.61. The number of anilines is 1. The quantitative estimate of drug-likeness (QED) is 0.911. The lowest BCUT2D eigenvalue weighted by Crippen LogP contribution is -2.17. The number of hydrogen-bond donors (Lipinski definition) is 1. The first-order valence-electron chi connectivity index (χ1n) is 6.08. The number of carbonyl (C=O) groups is 1. The van der Waals surface area contributed by atoms with Gasteiger partial charge in [0, 0.05) is 16.7 Å². The van der Waals surface area contributed by atoms with E-state index in [4.69, 9.17) is 0 Å². The van der Waals surface area contributed by atoms with Crippen molar-refractivity contribution in [1.82, 2.24) is 4.57 Å². The zero-order valence-electron chi connectivity index (χ0n) is 10.1. The first kappa shape index (κ1) is 12.4. The second kappa shape index (κ2) is 4.81. The molecular weight excluding hydrogens is 311 g/mol. The monoisotopic (exact) mass is 322 g/mol. The third kappa shape index (κ3) is 2.56. The summed E-state index contributed by atoms with van der Waals surface area (Å²) in [6, 6.07) is 8.58. The second-order valence-corrected chi connectivity index (χ2v) is 5.53. The van der Waals surface area contributed by atoms with Gasteiger partial charge in [-0.15, -0.1) is 0 Å². The van der Waals surface area contributed by atoms with Crippen molar-refractivity contribution in [2.24, 2.45) is 0 Å². The van der Waals surface area contributed by atoms with Gasteiger partial charge in [0.25, 0.3) is 5.91 Å². The number of aromatic nitrogens is 1. The van der Waals surface area contributed by atoms with Gasteiger partial charge < -0.3 is 9.88 Å². The minimum Gasteiger partial charge on any atom is -0.340 e. The van der Waals surface area contributed by atoms with E-state index in [0.717, 1.165) is 12.8 Å². The van der Waals surface area contributed by atoms with Crippen molar-refractivity contribution < 1.29 is 9.18 Å². The average molecular weight is 323 g/mol. The lowest BCUT2D eigenvalue weighted by atomic mass is 10.3. The minimum atomic E-state index is -0.452. The van der Waals surface area contributed by atoms with Crippen LogP contribution in [-0.2, 0) is 0 Å². The first-order valence-corrected chi connectivity index (χ1v) is 6.87. The summed E-state index contributed by atoms with van der Waals surface area (Å²) in [6.45, 7) is 0. The lowest BCUT2D eigenvalue weighted by molar-refractivity contribution is 0.101. The standard InChI is InChI=1S/C14H12BrFN2O/c15-9-3-6-12(11(16)8-9)17-14(19)13-2-1-7-18(13)10-4-5-10/h1-3,6-8,10H,4-5H2,(H,17,19). The van der Waals surface area contributed by atoms with Gasteiger partial charge >= 0.3 is 0 Å². The van der Waals surface area contributed by atoms with E-state index in [2.05, 4.69) is 21.2 Å². The molecule has 0 atom stereocenters. The maximum atomic E-state index is 13.7. The molecule has 3 rings (SSSR count). The molecule has 1 aliphatic rings. The maximum absolute atomic E-state index is 13.7. The Kier molecular flexibility index (Phi) is 3.14. The molecule has 1 aliphatic carbocycles. The molecule has 0 radical (unpaired) electrons. The normalized spacial score (nSPS) is 14.4. The third-order valence-electron chi connectivity index (χ3n) is 3.13. The van der Waals surface area contributed by atoms with Crippen LogP contribution in [0.25, 0.3) is 0 Å². The summed E-state index contributed by atoms with van der Waals surface area (Å²) in [4.78, 5) is 12.2. The molecule has 19 heavy (non-hydrogen) atoms. The van der Waals surface area contributed by atoms with E-state index in [1.165, 1.54) is 6.07 Å². The van der Waals surface area contributed by atoms with E-state index in [1.54, 1.807) is 18.2 Å². The SMILES string of the molecule is O=C(Nc1ccc(Br)cc1F)c1cccn1C1CC1. The van der Waals surface area contributed by atoms with Gasteiger partial charge in [-0.2, -0.15) is 0 Å². The molecule has 3 nitrogen and oxygen atoms in total. The zero-order chi connectivity index (χ0) is 13.4. The zero-order valence-corrected chi connectivity index (χ0v) is 11.7. The van der Waals surface area contributed by atoms with Crippen molar-refractivity contribution in [3.8, 4) is 0 Å². The Labute approximate surface area is 118 Å². The van der Waals surface area contributed by atoms with Crippen molar-refractivity contribution in [3.63, 3.8) is 0 Å². The topological polar surface area (TPSA) is 34.0 Å². The molecule has 0 spiro atoms. The fourth-order valence-corrected chi connectivity index (χ4v) is 2.37. The van der Waals surface area contributed by atoms with Crippen molar-refractivity contribution in [2.75, 3.05) is 5.32 Å². The molecule has 1 aromatic carbocycles. The molecule has 0 saturated heterocycles. The molecule has 1 amide bonds. The van der Waals surface area contributed by atoms with Crippen LogP contribution in [0.15, 0.2) is 41.0 Å². The molecular formula is C14H12BrFN2O. The van der Waals surface area contributed by atoms with Gasteiger partial charge in [-0.1, -0.05) is 15.9 Å². The van der Waals surface area contributed by atoms with Crippen LogP contribution in [-0.4, -0.2) is 10.5 Å². The number of nitrogens with zero attached hydrogens (tertiary/aromatic N) is 1. The Morgan fingerprint density at radius 3 is 2.84 bits per heavy atom. The van der Waals surface area contributed by atoms with E-state index in [9.17, 15) is 9.18 Å². The molecule has 5 heteroatoms. The Balaban J connectivity index is 1.82. The molecule has 1 heterocycles. The Bertz CT molecular complexity index is 634. The van der Waals surface area contributed by atoms with Crippen molar-refractivity contribution >= 4 is 27.5 Å². The van der Waals surface area contributed by atoms with Crippen LogP contribution in [0, 0.1) is 5.82 Å². The minimum absolute atomic E-state index is 0.191. The third-order valence-corrected chi connectivity index (χ3v) is 3.62. The highest BCUT2D eigenvalue weighted by atomic mass is 79.9. The molecule has 1 fully saturated rings. The summed E-state index contributed by atoms with van der Waals surface area (Å²) in [5.74, 6) is -0.731. The van der Waals surface area contributed by atoms with Gasteiger partial charge in [0.15, 0.2) is 0 Å². The smallest absolute Gasteiger partial charge is 0.272 e. The predicted octanol–water partition coefficient (Wildman–Crippen LogP) is 3.98. The summed E-state index contributed by atoms with van der Waals surface area (Å²) in [6.07, 6.45) is 4.09.